The minimum atomic E-state index is -3.82. The zero-order valence-electron chi connectivity index (χ0n) is 23.9. The van der Waals surface area contributed by atoms with Crippen LogP contribution in [0.4, 0.5) is 0 Å². The molecule has 0 unspecified atom stereocenters. The number of hydrogen-bond acceptors (Lipinski definition) is 8. The van der Waals surface area contributed by atoms with Gasteiger partial charge in [0.05, 0.1) is 29.2 Å². The van der Waals surface area contributed by atoms with Crippen molar-refractivity contribution in [2.24, 2.45) is 5.92 Å². The number of H-pyrrole nitrogens is 1. The van der Waals surface area contributed by atoms with Gasteiger partial charge in [-0.25, -0.2) is 13.4 Å². The summed E-state index contributed by atoms with van der Waals surface area (Å²) in [5.41, 5.74) is 2.24. The van der Waals surface area contributed by atoms with Gasteiger partial charge < -0.3 is 19.1 Å². The number of nitrogens with zero attached hydrogens (tertiary/aromatic N) is 4. The summed E-state index contributed by atoms with van der Waals surface area (Å²) in [6, 6.07) is 4.72. The van der Waals surface area contributed by atoms with Crippen molar-refractivity contribution in [3.8, 4) is 17.1 Å². The number of ether oxygens (including phenoxy) is 1. The van der Waals surface area contributed by atoms with Crippen LogP contribution in [0, 0.1) is 16.0 Å². The lowest BCUT2D eigenvalue weighted by atomic mass is 9.93. The molecule has 1 N–H and O–H groups in total. The first kappa shape index (κ1) is 30.5. The molecule has 41 heavy (non-hydrogen) atoms. The van der Waals surface area contributed by atoms with Crippen LogP contribution in [0.5, 0.6) is 5.75 Å². The third kappa shape index (κ3) is 6.89. The van der Waals surface area contributed by atoms with Gasteiger partial charge in [-0.2, -0.15) is 4.31 Å². The molecule has 0 radical (unpaired) electrons. The van der Waals surface area contributed by atoms with Crippen LogP contribution in [-0.4, -0.2) is 58.6 Å². The molecule has 1 saturated heterocycles. The van der Waals surface area contributed by atoms with E-state index in [1.165, 1.54) is 10.4 Å². The number of benzene rings is 1. The van der Waals surface area contributed by atoms with Crippen molar-refractivity contribution in [3.63, 3.8) is 0 Å². The molecule has 3 aromatic rings. The summed E-state index contributed by atoms with van der Waals surface area (Å²) in [4.78, 5) is 35.8. The maximum absolute atomic E-state index is 13.7. The molecule has 0 aliphatic carbocycles. The largest absolute Gasteiger partial charge is 0.493 e. The Morgan fingerprint density at radius 1 is 1.15 bits per heavy atom. The van der Waals surface area contributed by atoms with E-state index in [1.54, 1.807) is 12.1 Å². The second kappa shape index (κ2) is 13.5. The van der Waals surface area contributed by atoms with Crippen molar-refractivity contribution in [3.05, 3.63) is 50.4 Å². The van der Waals surface area contributed by atoms with Gasteiger partial charge in [0.15, 0.2) is 0 Å². The predicted molar refractivity (Wildman–Crippen MR) is 155 cm³/mol. The first-order valence-electron chi connectivity index (χ1n) is 14.4. The Balaban J connectivity index is 1.64. The maximum Gasteiger partial charge on any atom is 0.294 e. The lowest BCUT2D eigenvalue weighted by Crippen LogP contribution is -2.38. The molecule has 1 fully saturated rings. The zero-order chi connectivity index (χ0) is 29.6. The minimum absolute atomic E-state index is 0.0474. The van der Waals surface area contributed by atoms with Gasteiger partial charge in [0.1, 0.15) is 17.1 Å². The van der Waals surface area contributed by atoms with Crippen LogP contribution in [0.25, 0.3) is 22.4 Å². The molecule has 0 spiro atoms. The number of sulfonamides is 1. The number of aromatic amines is 1. The quantitative estimate of drug-likeness (QED) is 0.164. The van der Waals surface area contributed by atoms with Crippen molar-refractivity contribution >= 4 is 21.1 Å². The summed E-state index contributed by atoms with van der Waals surface area (Å²) < 4.78 is 36.7. The molecule has 224 valence electrons. The Labute approximate surface area is 239 Å². The summed E-state index contributed by atoms with van der Waals surface area (Å²) in [5, 5.41) is 9.54. The first-order chi connectivity index (χ1) is 19.7. The highest BCUT2D eigenvalue weighted by Crippen LogP contribution is 2.34. The monoisotopic (exact) mass is 589 g/mol. The van der Waals surface area contributed by atoms with E-state index in [4.69, 9.17) is 9.72 Å². The lowest BCUT2D eigenvalue weighted by molar-refractivity contribution is -0.757. The number of nitrogens with one attached hydrogen (secondary N) is 1. The first-order valence-corrected chi connectivity index (χ1v) is 15.8. The van der Waals surface area contributed by atoms with Gasteiger partial charge in [0.2, 0.25) is 10.0 Å². The van der Waals surface area contributed by atoms with Crippen molar-refractivity contribution in [2.75, 3.05) is 26.3 Å². The highest BCUT2D eigenvalue weighted by molar-refractivity contribution is 7.89. The Kier molecular flexibility index (Phi) is 10.0. The number of fused-ring (bicyclic) bond motifs is 1. The SMILES string of the molecule is CCCOc1ccc(S(=O)(=O)N2CCC(CCCO[N+](=O)[O-])CC2)cc1-c1nc2c(CCC)cn(CC)c2c(=O)[nH]1. The minimum Gasteiger partial charge on any atom is -0.493 e. The van der Waals surface area contributed by atoms with Crippen LogP contribution in [0.1, 0.15) is 64.9 Å². The van der Waals surface area contributed by atoms with Gasteiger partial charge in [-0.3, -0.25) is 4.79 Å². The molecule has 1 aromatic carbocycles. The summed E-state index contributed by atoms with van der Waals surface area (Å²) in [5.74, 6) is 1.01. The lowest BCUT2D eigenvalue weighted by Gasteiger charge is -2.31. The molecule has 12 nitrogen and oxygen atoms in total. The van der Waals surface area contributed by atoms with Gasteiger partial charge in [-0.05, 0) is 75.1 Å². The summed E-state index contributed by atoms with van der Waals surface area (Å²) in [6.45, 7) is 7.85. The van der Waals surface area contributed by atoms with E-state index in [0.717, 1.165) is 31.2 Å². The summed E-state index contributed by atoms with van der Waals surface area (Å²) in [6.07, 6.45) is 7.03. The molecule has 0 atom stereocenters. The van der Waals surface area contributed by atoms with Crippen molar-refractivity contribution in [1.29, 1.82) is 0 Å². The number of aromatic nitrogens is 3. The summed E-state index contributed by atoms with van der Waals surface area (Å²) in [7, 11) is -3.82. The van der Waals surface area contributed by atoms with Gasteiger partial charge in [-0.15, -0.1) is 10.1 Å². The maximum atomic E-state index is 13.7. The standard InChI is InChI=1S/C28H39N5O7S/c1-4-8-21-19-31(6-3)26-25(21)29-27(30-28(26)34)23-18-22(10-11-24(23)39-16-5-2)41(37,38)32-14-12-20(13-15-32)9-7-17-40-33(35)36/h10-11,18-20H,4-9,12-17H2,1-3H3,(H,29,30,34). The van der Waals surface area contributed by atoms with Gasteiger partial charge in [-0.1, -0.05) is 20.3 Å². The molecular formula is C28H39N5O7S. The van der Waals surface area contributed by atoms with Crippen LogP contribution < -0.4 is 10.3 Å². The zero-order valence-corrected chi connectivity index (χ0v) is 24.7. The Morgan fingerprint density at radius 2 is 1.90 bits per heavy atom. The molecule has 13 heteroatoms. The fraction of sp³-hybridized carbons (Fsp3) is 0.571. The van der Waals surface area contributed by atoms with Crippen LogP contribution in [-0.2, 0) is 27.8 Å². The molecule has 1 aliphatic rings. The smallest absolute Gasteiger partial charge is 0.294 e. The Bertz CT molecular complexity index is 1520. The molecule has 0 saturated carbocycles. The van der Waals surface area contributed by atoms with E-state index in [1.807, 2.05) is 24.6 Å². The van der Waals surface area contributed by atoms with Gasteiger partial charge in [0.25, 0.3) is 10.6 Å². The van der Waals surface area contributed by atoms with E-state index in [0.29, 0.717) is 67.8 Å². The molecule has 1 aliphatic heterocycles. The fourth-order valence-electron chi connectivity index (χ4n) is 5.39. The second-order valence-corrected chi connectivity index (χ2v) is 12.3. The fourth-order valence-corrected chi connectivity index (χ4v) is 6.89. The highest BCUT2D eigenvalue weighted by atomic mass is 32.2. The number of hydrogen-bond donors (Lipinski definition) is 1. The predicted octanol–water partition coefficient (Wildman–Crippen LogP) is 4.54. The average molecular weight is 590 g/mol. The number of rotatable bonds is 14. The van der Waals surface area contributed by atoms with Crippen molar-refractivity contribution in [1.82, 2.24) is 18.8 Å². The molecule has 0 amide bonds. The molecule has 0 bridgehead atoms. The topological polar surface area (TPSA) is 150 Å². The van der Waals surface area contributed by atoms with E-state index < -0.39 is 15.1 Å². The van der Waals surface area contributed by atoms with Gasteiger partial charge >= 0.3 is 0 Å². The average Bonchev–Trinajstić information content (AvgIpc) is 3.32. The van der Waals surface area contributed by atoms with Crippen LogP contribution in [0.3, 0.4) is 0 Å². The van der Waals surface area contributed by atoms with E-state index in [9.17, 15) is 23.3 Å². The number of aryl methyl sites for hydroxylation is 2. The molecule has 3 heterocycles. The molecular weight excluding hydrogens is 550 g/mol. The Morgan fingerprint density at radius 3 is 2.56 bits per heavy atom. The van der Waals surface area contributed by atoms with Crippen molar-refractivity contribution in [2.45, 2.75) is 77.2 Å². The van der Waals surface area contributed by atoms with E-state index in [2.05, 4.69) is 16.7 Å². The third-order valence-corrected chi connectivity index (χ3v) is 9.39. The van der Waals surface area contributed by atoms with E-state index in [-0.39, 0.29) is 28.8 Å². The number of piperidine rings is 1. The molecule has 4 rings (SSSR count). The highest BCUT2D eigenvalue weighted by Gasteiger charge is 2.30. The normalized spacial score (nSPS) is 14.9. The second-order valence-electron chi connectivity index (χ2n) is 10.4. The third-order valence-electron chi connectivity index (χ3n) is 7.49. The molecule has 2 aromatic heterocycles. The Hall–Kier alpha value is -3.45. The van der Waals surface area contributed by atoms with Crippen LogP contribution in [0.15, 0.2) is 34.1 Å². The van der Waals surface area contributed by atoms with Crippen molar-refractivity contribution < 1.29 is 23.1 Å². The van der Waals surface area contributed by atoms with Gasteiger partial charge in [0, 0.05) is 25.8 Å². The van der Waals surface area contributed by atoms with E-state index >= 15 is 0 Å². The van der Waals surface area contributed by atoms with Crippen LogP contribution in [0.2, 0.25) is 0 Å². The van der Waals surface area contributed by atoms with Crippen LogP contribution >= 0.6 is 0 Å². The summed E-state index contributed by atoms with van der Waals surface area (Å²) >= 11 is 0.